The average Bonchev–Trinajstić information content (AvgIpc) is 2.27. The molecule has 102 valence electrons. The van der Waals surface area contributed by atoms with Crippen LogP contribution in [0.3, 0.4) is 0 Å². The molecule has 0 saturated heterocycles. The van der Waals surface area contributed by atoms with E-state index in [1.165, 1.54) is 25.7 Å². The molecule has 1 amide bonds. The Morgan fingerprint density at radius 1 is 1.24 bits per heavy atom. The van der Waals surface area contributed by atoms with Gasteiger partial charge in [-0.15, -0.1) is 0 Å². The third kappa shape index (κ3) is 10.3. The summed E-state index contributed by atoms with van der Waals surface area (Å²) in [4.78, 5) is 11.4. The molecule has 2 N–H and O–H groups in total. The number of hydrogen-bond donors (Lipinski definition) is 2. The van der Waals surface area contributed by atoms with E-state index < -0.39 is 0 Å². The number of carbonyl (C=O) groups is 1. The van der Waals surface area contributed by atoms with Crippen LogP contribution in [0.25, 0.3) is 0 Å². The van der Waals surface area contributed by atoms with Gasteiger partial charge >= 0.3 is 0 Å². The van der Waals surface area contributed by atoms with Crippen molar-refractivity contribution in [2.75, 3.05) is 13.1 Å². The molecule has 3 heteroatoms. The summed E-state index contributed by atoms with van der Waals surface area (Å²) < 4.78 is 0. The van der Waals surface area contributed by atoms with Crippen molar-refractivity contribution in [2.45, 2.75) is 65.8 Å². The first-order valence-corrected chi connectivity index (χ1v) is 7.10. The first kappa shape index (κ1) is 16.4. The van der Waals surface area contributed by atoms with Gasteiger partial charge in [-0.1, -0.05) is 33.1 Å². The van der Waals surface area contributed by atoms with Crippen LogP contribution in [0.15, 0.2) is 0 Å². The predicted octanol–water partition coefficient (Wildman–Crippen LogP) is 2.71. The zero-order chi connectivity index (χ0) is 13.1. The third-order valence-electron chi connectivity index (χ3n) is 2.95. The molecule has 0 aromatic rings. The molecule has 0 aromatic heterocycles. The van der Waals surface area contributed by atoms with Crippen molar-refractivity contribution >= 4 is 5.91 Å². The van der Waals surface area contributed by atoms with Gasteiger partial charge < -0.3 is 10.6 Å². The monoisotopic (exact) mass is 242 g/mol. The molecule has 1 unspecified atom stereocenters. The summed E-state index contributed by atoms with van der Waals surface area (Å²) >= 11 is 0. The van der Waals surface area contributed by atoms with Crippen molar-refractivity contribution in [1.82, 2.24) is 10.6 Å². The smallest absolute Gasteiger partial charge is 0.221 e. The van der Waals surface area contributed by atoms with Crippen LogP contribution in [0.1, 0.15) is 59.8 Å². The highest BCUT2D eigenvalue weighted by molar-refractivity contribution is 5.76. The van der Waals surface area contributed by atoms with Crippen molar-refractivity contribution in [3.05, 3.63) is 0 Å². The fourth-order valence-electron chi connectivity index (χ4n) is 1.85. The van der Waals surface area contributed by atoms with E-state index in [0.29, 0.717) is 6.42 Å². The molecule has 0 spiro atoms. The van der Waals surface area contributed by atoms with E-state index >= 15 is 0 Å². The summed E-state index contributed by atoms with van der Waals surface area (Å²) in [5, 5.41) is 6.29. The largest absolute Gasteiger partial charge is 0.354 e. The van der Waals surface area contributed by atoms with Crippen molar-refractivity contribution in [1.29, 1.82) is 0 Å². The lowest BCUT2D eigenvalue weighted by molar-refractivity contribution is -0.121. The Hall–Kier alpha value is -0.570. The fraction of sp³-hybridized carbons (Fsp3) is 0.929. The highest BCUT2D eigenvalue weighted by Gasteiger charge is 2.06. The van der Waals surface area contributed by atoms with Crippen molar-refractivity contribution in [3.8, 4) is 0 Å². The molecule has 0 saturated carbocycles. The van der Waals surface area contributed by atoms with Crippen molar-refractivity contribution < 1.29 is 4.79 Å². The van der Waals surface area contributed by atoms with Gasteiger partial charge in [0.2, 0.25) is 5.91 Å². The van der Waals surface area contributed by atoms with Gasteiger partial charge in [0.15, 0.2) is 0 Å². The zero-order valence-electron chi connectivity index (χ0n) is 12.0. The number of carbonyl (C=O) groups excluding carboxylic acids is 1. The van der Waals surface area contributed by atoms with Crippen LogP contribution in [-0.2, 0) is 4.79 Å². The molecule has 3 nitrogen and oxygen atoms in total. The van der Waals surface area contributed by atoms with Gasteiger partial charge in [0.05, 0.1) is 0 Å². The molecular weight excluding hydrogens is 212 g/mol. The van der Waals surface area contributed by atoms with E-state index in [4.69, 9.17) is 0 Å². The highest BCUT2D eigenvalue weighted by atomic mass is 16.1. The zero-order valence-corrected chi connectivity index (χ0v) is 12.0. The van der Waals surface area contributed by atoms with E-state index in [0.717, 1.165) is 19.0 Å². The number of nitrogens with one attached hydrogen (secondary N) is 2. The lowest BCUT2D eigenvalue weighted by atomic mass is 9.99. The van der Waals surface area contributed by atoms with Crippen molar-refractivity contribution in [2.24, 2.45) is 5.92 Å². The molecule has 0 aromatic carbocycles. The second kappa shape index (κ2) is 10.6. The molecule has 0 rings (SSSR count). The Balaban J connectivity index is 3.50. The predicted molar refractivity (Wildman–Crippen MR) is 74.1 cm³/mol. The molecular formula is C14H30N2O. The fourth-order valence-corrected chi connectivity index (χ4v) is 1.85. The van der Waals surface area contributed by atoms with Gasteiger partial charge in [-0.05, 0) is 32.7 Å². The SMILES string of the molecule is CCCCC(CC)CNCCC(=O)NC(C)C. The van der Waals surface area contributed by atoms with Gasteiger partial charge in [-0.3, -0.25) is 4.79 Å². The Kier molecular flexibility index (Phi) is 10.2. The van der Waals surface area contributed by atoms with Gasteiger partial charge in [-0.2, -0.15) is 0 Å². The first-order valence-electron chi connectivity index (χ1n) is 7.10. The van der Waals surface area contributed by atoms with Gasteiger partial charge in [0, 0.05) is 19.0 Å². The highest BCUT2D eigenvalue weighted by Crippen LogP contribution is 2.10. The molecule has 0 aliphatic carbocycles. The van der Waals surface area contributed by atoms with Gasteiger partial charge in [0.1, 0.15) is 0 Å². The van der Waals surface area contributed by atoms with E-state index in [1.807, 2.05) is 13.8 Å². The first-order chi connectivity index (χ1) is 8.10. The molecule has 0 fully saturated rings. The Morgan fingerprint density at radius 3 is 2.47 bits per heavy atom. The molecule has 17 heavy (non-hydrogen) atoms. The van der Waals surface area contributed by atoms with E-state index in [-0.39, 0.29) is 11.9 Å². The Bertz CT molecular complexity index is 193. The minimum Gasteiger partial charge on any atom is -0.354 e. The van der Waals surface area contributed by atoms with Crippen LogP contribution in [0.5, 0.6) is 0 Å². The summed E-state index contributed by atoms with van der Waals surface area (Å²) in [6.45, 7) is 10.3. The standard InChI is InChI=1S/C14H30N2O/c1-5-7-8-13(6-2)11-15-10-9-14(17)16-12(3)4/h12-13,15H,5-11H2,1-4H3,(H,16,17). The average molecular weight is 242 g/mol. The maximum absolute atomic E-state index is 11.4. The Morgan fingerprint density at radius 2 is 1.94 bits per heavy atom. The summed E-state index contributed by atoms with van der Waals surface area (Å²) in [5.41, 5.74) is 0. The molecule has 0 heterocycles. The maximum atomic E-state index is 11.4. The minimum absolute atomic E-state index is 0.147. The third-order valence-corrected chi connectivity index (χ3v) is 2.95. The normalized spacial score (nSPS) is 12.8. The lowest BCUT2D eigenvalue weighted by Gasteiger charge is -2.15. The maximum Gasteiger partial charge on any atom is 0.221 e. The van der Waals surface area contributed by atoms with Crippen LogP contribution < -0.4 is 10.6 Å². The second-order valence-corrected chi connectivity index (χ2v) is 5.09. The Labute approximate surface area is 107 Å². The quantitative estimate of drug-likeness (QED) is 0.578. The molecule has 0 radical (unpaired) electrons. The summed E-state index contributed by atoms with van der Waals surface area (Å²) in [7, 11) is 0. The van der Waals surface area contributed by atoms with Gasteiger partial charge in [0.25, 0.3) is 0 Å². The van der Waals surface area contributed by atoms with E-state index in [9.17, 15) is 4.79 Å². The van der Waals surface area contributed by atoms with E-state index in [2.05, 4.69) is 24.5 Å². The minimum atomic E-state index is 0.147. The topological polar surface area (TPSA) is 41.1 Å². The summed E-state index contributed by atoms with van der Waals surface area (Å²) in [5.74, 6) is 0.914. The molecule has 0 aliphatic heterocycles. The van der Waals surface area contributed by atoms with E-state index in [1.54, 1.807) is 0 Å². The van der Waals surface area contributed by atoms with Crippen LogP contribution >= 0.6 is 0 Å². The summed E-state index contributed by atoms with van der Waals surface area (Å²) in [6.07, 6.45) is 5.70. The van der Waals surface area contributed by atoms with Crippen molar-refractivity contribution in [3.63, 3.8) is 0 Å². The van der Waals surface area contributed by atoms with Crippen LogP contribution in [0.2, 0.25) is 0 Å². The van der Waals surface area contributed by atoms with Crippen LogP contribution in [0, 0.1) is 5.92 Å². The number of amides is 1. The van der Waals surface area contributed by atoms with Crippen LogP contribution in [0.4, 0.5) is 0 Å². The molecule has 0 aliphatic rings. The van der Waals surface area contributed by atoms with Crippen LogP contribution in [-0.4, -0.2) is 25.0 Å². The van der Waals surface area contributed by atoms with Gasteiger partial charge in [-0.25, -0.2) is 0 Å². The summed E-state index contributed by atoms with van der Waals surface area (Å²) in [6, 6.07) is 0.246. The number of hydrogen-bond acceptors (Lipinski definition) is 2. The molecule has 1 atom stereocenters. The molecule has 0 bridgehead atoms. The number of rotatable bonds is 10. The number of unbranched alkanes of at least 4 members (excludes halogenated alkanes) is 1. The second-order valence-electron chi connectivity index (χ2n) is 5.09. The lowest BCUT2D eigenvalue weighted by Crippen LogP contribution is -2.33.